The van der Waals surface area contributed by atoms with Gasteiger partial charge in [-0.1, -0.05) is 18.2 Å². The van der Waals surface area contributed by atoms with E-state index >= 15 is 0 Å². The first-order valence-corrected chi connectivity index (χ1v) is 7.43. The maximum absolute atomic E-state index is 12.5. The molecule has 0 aliphatic carbocycles. The third-order valence-electron chi connectivity index (χ3n) is 3.46. The van der Waals surface area contributed by atoms with E-state index in [2.05, 4.69) is 20.7 Å². The fourth-order valence-electron chi connectivity index (χ4n) is 2.26. The molecule has 0 saturated heterocycles. The smallest absolute Gasteiger partial charge is 0.271 e. The highest BCUT2D eigenvalue weighted by Gasteiger charge is 2.33. The largest absolute Gasteiger partial charge is 0.435 e. The molecule has 2 aromatic heterocycles. The number of alkyl halides is 3. The lowest BCUT2D eigenvalue weighted by Gasteiger charge is -2.08. The number of H-pyrrole nitrogens is 1. The molecule has 0 atom stereocenters. The highest BCUT2D eigenvalue weighted by molar-refractivity contribution is 6.05. The number of amides is 2. The van der Waals surface area contributed by atoms with Crippen molar-refractivity contribution in [1.29, 1.82) is 0 Å². The summed E-state index contributed by atoms with van der Waals surface area (Å²) < 4.78 is 38.2. The van der Waals surface area contributed by atoms with Gasteiger partial charge in [0.25, 0.3) is 17.4 Å². The summed E-state index contributed by atoms with van der Waals surface area (Å²) >= 11 is 0. The highest BCUT2D eigenvalue weighted by Crippen LogP contribution is 2.27. The second-order valence-corrected chi connectivity index (χ2v) is 5.35. The average Bonchev–Trinajstić information content (AvgIpc) is 3.09. The van der Waals surface area contributed by atoms with Crippen LogP contribution in [-0.2, 0) is 17.5 Å². The Bertz CT molecular complexity index is 1070. The number of aromatic nitrogens is 4. The van der Waals surface area contributed by atoms with Crippen LogP contribution in [0.1, 0.15) is 16.2 Å². The van der Waals surface area contributed by atoms with Crippen LogP contribution in [0.2, 0.25) is 0 Å². The lowest BCUT2D eigenvalue weighted by Crippen LogP contribution is -2.43. The van der Waals surface area contributed by atoms with Crippen LogP contribution < -0.4 is 16.4 Å². The number of hydrazine groups is 1. The van der Waals surface area contributed by atoms with Crippen molar-refractivity contribution >= 4 is 22.6 Å². The van der Waals surface area contributed by atoms with Crippen LogP contribution in [0.3, 0.4) is 0 Å². The molecule has 3 rings (SSSR count). The normalized spacial score (nSPS) is 11.4. The summed E-state index contributed by atoms with van der Waals surface area (Å²) in [5, 5.41) is 9.56. The first kappa shape index (κ1) is 18.1. The minimum absolute atomic E-state index is 0.135. The zero-order chi connectivity index (χ0) is 19.6. The maximum atomic E-state index is 12.5. The van der Waals surface area contributed by atoms with Crippen molar-refractivity contribution in [2.24, 2.45) is 0 Å². The number of fused-ring (bicyclic) bond motifs is 1. The molecule has 140 valence electrons. The number of aromatic amines is 1. The molecule has 1 aromatic carbocycles. The van der Waals surface area contributed by atoms with Crippen molar-refractivity contribution in [1.82, 2.24) is 30.8 Å². The molecule has 0 unspecified atom stereocenters. The fourth-order valence-corrected chi connectivity index (χ4v) is 2.26. The van der Waals surface area contributed by atoms with Crippen molar-refractivity contribution < 1.29 is 22.8 Å². The summed E-state index contributed by atoms with van der Waals surface area (Å²) in [5.41, 5.74) is 2.37. The molecule has 2 heterocycles. The monoisotopic (exact) mass is 380 g/mol. The molecule has 0 spiro atoms. The Hall–Kier alpha value is -3.70. The predicted molar refractivity (Wildman–Crippen MR) is 85.2 cm³/mol. The fraction of sp³-hybridized carbons (Fsp3) is 0.133. The SMILES string of the molecule is O=C(Cn1ccc(C(F)(F)F)n1)NNC(=O)c1n[nH]c(=O)c2ccccc12. The second-order valence-electron chi connectivity index (χ2n) is 5.35. The zero-order valence-corrected chi connectivity index (χ0v) is 13.4. The lowest BCUT2D eigenvalue weighted by atomic mass is 10.1. The Morgan fingerprint density at radius 2 is 1.81 bits per heavy atom. The van der Waals surface area contributed by atoms with E-state index in [0.717, 1.165) is 16.9 Å². The summed E-state index contributed by atoms with van der Waals surface area (Å²) in [6, 6.07) is 6.95. The van der Waals surface area contributed by atoms with Gasteiger partial charge in [-0.15, -0.1) is 0 Å². The molecule has 0 radical (unpaired) electrons. The van der Waals surface area contributed by atoms with Crippen LogP contribution in [0.4, 0.5) is 13.2 Å². The van der Waals surface area contributed by atoms with Gasteiger partial charge in [0.1, 0.15) is 6.54 Å². The van der Waals surface area contributed by atoms with Crippen LogP contribution in [0.15, 0.2) is 41.3 Å². The molecule has 0 saturated carbocycles. The molecule has 27 heavy (non-hydrogen) atoms. The molecule has 0 aliphatic heterocycles. The van der Waals surface area contributed by atoms with Crippen LogP contribution in [0.25, 0.3) is 10.8 Å². The first-order valence-electron chi connectivity index (χ1n) is 7.43. The van der Waals surface area contributed by atoms with E-state index < -0.39 is 35.8 Å². The third-order valence-corrected chi connectivity index (χ3v) is 3.46. The van der Waals surface area contributed by atoms with Crippen molar-refractivity contribution in [2.45, 2.75) is 12.7 Å². The van der Waals surface area contributed by atoms with E-state index in [1.807, 2.05) is 5.43 Å². The van der Waals surface area contributed by atoms with E-state index in [0.29, 0.717) is 0 Å². The molecule has 0 bridgehead atoms. The van der Waals surface area contributed by atoms with Gasteiger partial charge in [0.15, 0.2) is 11.4 Å². The predicted octanol–water partition coefficient (Wildman–Crippen LogP) is 0.600. The summed E-state index contributed by atoms with van der Waals surface area (Å²) in [5.74, 6) is -1.62. The molecular weight excluding hydrogens is 369 g/mol. The molecule has 3 aromatic rings. The van der Waals surface area contributed by atoms with Gasteiger partial charge in [-0.05, 0) is 12.1 Å². The molecule has 0 aliphatic rings. The van der Waals surface area contributed by atoms with E-state index in [-0.39, 0.29) is 16.5 Å². The van der Waals surface area contributed by atoms with Gasteiger partial charge in [0.2, 0.25) is 0 Å². The number of nitrogens with one attached hydrogen (secondary N) is 3. The summed E-state index contributed by atoms with van der Waals surface area (Å²) in [4.78, 5) is 35.6. The van der Waals surface area contributed by atoms with Gasteiger partial charge in [-0.3, -0.25) is 29.9 Å². The molecule has 12 heteroatoms. The standard InChI is InChI=1S/C15H11F3N6O3/c16-15(17,18)10-5-6-24(23-10)7-11(25)19-22-14(27)12-8-3-1-2-4-9(8)13(26)21-20-12/h1-6H,7H2,(H,19,25)(H,21,26)(H,22,27). The number of hydrogen-bond donors (Lipinski definition) is 3. The minimum Gasteiger partial charge on any atom is -0.271 e. The van der Waals surface area contributed by atoms with Gasteiger partial charge in [-0.25, -0.2) is 5.10 Å². The number of halogens is 3. The van der Waals surface area contributed by atoms with E-state index in [1.165, 1.54) is 12.1 Å². The number of nitrogens with zero attached hydrogens (tertiary/aromatic N) is 3. The Labute approximate surface area is 148 Å². The van der Waals surface area contributed by atoms with E-state index in [4.69, 9.17) is 0 Å². The van der Waals surface area contributed by atoms with Crippen molar-refractivity contribution in [3.8, 4) is 0 Å². The van der Waals surface area contributed by atoms with Gasteiger partial charge in [0, 0.05) is 11.6 Å². The Balaban J connectivity index is 1.66. The van der Waals surface area contributed by atoms with Crippen molar-refractivity contribution in [3.05, 3.63) is 58.3 Å². The quantitative estimate of drug-likeness (QED) is 0.575. The van der Waals surface area contributed by atoms with E-state index in [1.54, 1.807) is 12.1 Å². The molecule has 0 fully saturated rings. The third kappa shape index (κ3) is 3.94. The number of carbonyl (C=O) groups excluding carboxylic acids is 2. The van der Waals surface area contributed by atoms with E-state index in [9.17, 15) is 27.6 Å². The van der Waals surface area contributed by atoms with Crippen LogP contribution >= 0.6 is 0 Å². The Morgan fingerprint density at radius 1 is 1.11 bits per heavy atom. The number of hydrogen-bond acceptors (Lipinski definition) is 5. The molecule has 3 N–H and O–H groups in total. The average molecular weight is 380 g/mol. The van der Waals surface area contributed by atoms with Crippen LogP contribution in [0.5, 0.6) is 0 Å². The number of carbonyl (C=O) groups is 2. The Morgan fingerprint density at radius 3 is 2.48 bits per heavy atom. The maximum Gasteiger partial charge on any atom is 0.435 e. The van der Waals surface area contributed by atoms with Crippen molar-refractivity contribution in [3.63, 3.8) is 0 Å². The highest BCUT2D eigenvalue weighted by atomic mass is 19.4. The number of benzene rings is 1. The molecule has 2 amide bonds. The first-order chi connectivity index (χ1) is 12.8. The number of rotatable bonds is 3. The second kappa shape index (κ2) is 6.90. The Kier molecular flexibility index (Phi) is 4.62. The van der Waals surface area contributed by atoms with Gasteiger partial charge < -0.3 is 0 Å². The van der Waals surface area contributed by atoms with Crippen LogP contribution in [-0.4, -0.2) is 31.8 Å². The van der Waals surface area contributed by atoms with Crippen LogP contribution in [0, 0.1) is 0 Å². The summed E-state index contributed by atoms with van der Waals surface area (Å²) in [6.07, 6.45) is -3.63. The lowest BCUT2D eigenvalue weighted by molar-refractivity contribution is -0.141. The molecule has 9 nitrogen and oxygen atoms in total. The topological polar surface area (TPSA) is 122 Å². The zero-order valence-electron chi connectivity index (χ0n) is 13.4. The molecular formula is C15H11F3N6O3. The minimum atomic E-state index is -4.62. The van der Waals surface area contributed by atoms with Gasteiger partial charge in [-0.2, -0.15) is 23.4 Å². The summed E-state index contributed by atoms with van der Waals surface area (Å²) in [6.45, 7) is -0.545. The van der Waals surface area contributed by atoms with Gasteiger partial charge in [0.05, 0.1) is 5.39 Å². The van der Waals surface area contributed by atoms with Crippen molar-refractivity contribution in [2.75, 3.05) is 0 Å². The summed E-state index contributed by atoms with van der Waals surface area (Å²) in [7, 11) is 0. The van der Waals surface area contributed by atoms with Gasteiger partial charge >= 0.3 is 6.18 Å².